The second-order valence-corrected chi connectivity index (χ2v) is 5.66. The van der Waals surface area contributed by atoms with Gasteiger partial charge in [0.2, 0.25) is 0 Å². The molecule has 0 unspecified atom stereocenters. The molecule has 0 aliphatic heterocycles. The molecule has 21 heavy (non-hydrogen) atoms. The standard InChI is InChI=1S/C15H11N5S/c1-9(2)15-20-12-4-3-11(5-14(12)21-15)19-13(8-18)10(6-16)7-17/h3-5,9,19H,1-2H3. The predicted molar refractivity (Wildman–Crippen MR) is 81.2 cm³/mol. The summed E-state index contributed by atoms with van der Waals surface area (Å²) < 4.78 is 0.997. The number of allylic oxidation sites excluding steroid dienone is 2. The number of hydrogen-bond donors (Lipinski definition) is 1. The number of anilines is 1. The Hall–Kier alpha value is -2.88. The summed E-state index contributed by atoms with van der Waals surface area (Å²) in [6, 6.07) is 10.7. The topological polar surface area (TPSA) is 96.3 Å². The molecule has 0 bridgehead atoms. The van der Waals surface area contributed by atoms with Crippen LogP contribution in [-0.4, -0.2) is 4.98 Å². The van der Waals surface area contributed by atoms with Crippen molar-refractivity contribution in [1.29, 1.82) is 15.8 Å². The zero-order chi connectivity index (χ0) is 15.4. The SMILES string of the molecule is CC(C)c1nc2ccc(NC(C#N)=C(C#N)C#N)cc2s1. The lowest BCUT2D eigenvalue weighted by molar-refractivity contribution is 0.857. The van der Waals surface area contributed by atoms with Crippen molar-refractivity contribution in [3.05, 3.63) is 34.5 Å². The smallest absolute Gasteiger partial charge is 0.163 e. The number of nitrogens with one attached hydrogen (secondary N) is 1. The van der Waals surface area contributed by atoms with Crippen LogP contribution in [0.5, 0.6) is 0 Å². The third kappa shape index (κ3) is 3.00. The normalized spacial score (nSPS) is 9.71. The summed E-state index contributed by atoms with van der Waals surface area (Å²) in [5.74, 6) is 0.358. The molecule has 0 saturated carbocycles. The Morgan fingerprint density at radius 1 is 1.19 bits per heavy atom. The van der Waals surface area contributed by atoms with Gasteiger partial charge in [-0.2, -0.15) is 15.8 Å². The highest BCUT2D eigenvalue weighted by atomic mass is 32.1. The number of aromatic nitrogens is 1. The van der Waals surface area contributed by atoms with Gasteiger partial charge in [0.15, 0.2) is 5.57 Å². The second-order valence-electron chi connectivity index (χ2n) is 4.60. The van der Waals surface area contributed by atoms with Crippen molar-refractivity contribution in [3.63, 3.8) is 0 Å². The minimum absolute atomic E-state index is 0.0482. The summed E-state index contributed by atoms with van der Waals surface area (Å²) >= 11 is 1.59. The molecule has 0 aliphatic carbocycles. The van der Waals surface area contributed by atoms with Crippen LogP contribution >= 0.6 is 11.3 Å². The van der Waals surface area contributed by atoms with Gasteiger partial charge in [-0.05, 0) is 18.2 Å². The Labute approximate surface area is 126 Å². The Balaban J connectivity index is 2.41. The largest absolute Gasteiger partial charge is 0.345 e. The van der Waals surface area contributed by atoms with E-state index in [4.69, 9.17) is 15.8 Å². The average Bonchev–Trinajstić information content (AvgIpc) is 2.90. The van der Waals surface area contributed by atoms with Crippen LogP contribution in [0.4, 0.5) is 5.69 Å². The molecule has 0 spiro atoms. The van der Waals surface area contributed by atoms with E-state index in [1.54, 1.807) is 29.5 Å². The quantitative estimate of drug-likeness (QED) is 0.871. The van der Waals surface area contributed by atoms with Crippen LogP contribution in [0.15, 0.2) is 29.5 Å². The lowest BCUT2D eigenvalue weighted by Crippen LogP contribution is -2.00. The summed E-state index contributed by atoms with van der Waals surface area (Å²) in [7, 11) is 0. The van der Waals surface area contributed by atoms with Crippen molar-refractivity contribution in [2.45, 2.75) is 19.8 Å². The van der Waals surface area contributed by atoms with Crippen LogP contribution in [-0.2, 0) is 0 Å². The van der Waals surface area contributed by atoms with E-state index in [1.807, 2.05) is 18.2 Å². The molecule has 1 heterocycles. The first-order valence-electron chi connectivity index (χ1n) is 6.21. The molecule has 0 saturated heterocycles. The first-order chi connectivity index (χ1) is 10.1. The van der Waals surface area contributed by atoms with Crippen molar-refractivity contribution in [2.75, 3.05) is 5.32 Å². The minimum atomic E-state index is -0.232. The minimum Gasteiger partial charge on any atom is -0.345 e. The molecule has 1 N–H and O–H groups in total. The maximum atomic E-state index is 9.03. The fraction of sp³-hybridized carbons (Fsp3) is 0.200. The highest BCUT2D eigenvalue weighted by Gasteiger charge is 2.10. The van der Waals surface area contributed by atoms with Crippen molar-refractivity contribution >= 4 is 27.2 Å². The third-order valence-electron chi connectivity index (χ3n) is 2.75. The van der Waals surface area contributed by atoms with Crippen molar-refractivity contribution in [1.82, 2.24) is 4.98 Å². The van der Waals surface area contributed by atoms with E-state index in [2.05, 4.69) is 24.1 Å². The van der Waals surface area contributed by atoms with E-state index in [-0.39, 0.29) is 11.3 Å². The number of rotatable bonds is 3. The van der Waals surface area contributed by atoms with Gasteiger partial charge >= 0.3 is 0 Å². The molecule has 2 aromatic rings. The second kappa shape index (κ2) is 6.05. The first kappa shape index (κ1) is 14.5. The molecule has 1 aromatic heterocycles. The zero-order valence-corrected chi connectivity index (χ0v) is 12.3. The molecule has 102 valence electrons. The van der Waals surface area contributed by atoms with Crippen LogP contribution in [0, 0.1) is 34.0 Å². The summed E-state index contributed by atoms with van der Waals surface area (Å²) in [6.45, 7) is 4.17. The Morgan fingerprint density at radius 3 is 2.48 bits per heavy atom. The van der Waals surface area contributed by atoms with E-state index < -0.39 is 0 Å². The molecule has 0 amide bonds. The van der Waals surface area contributed by atoms with E-state index >= 15 is 0 Å². The van der Waals surface area contributed by atoms with Crippen LogP contribution in [0.2, 0.25) is 0 Å². The molecule has 0 fully saturated rings. The van der Waals surface area contributed by atoms with Gasteiger partial charge in [0.05, 0.1) is 15.2 Å². The van der Waals surface area contributed by atoms with E-state index in [9.17, 15) is 0 Å². The third-order valence-corrected chi connectivity index (χ3v) is 4.07. The van der Waals surface area contributed by atoms with E-state index in [1.165, 1.54) is 0 Å². The maximum Gasteiger partial charge on any atom is 0.163 e. The molecule has 6 heteroatoms. The maximum absolute atomic E-state index is 9.03. The lowest BCUT2D eigenvalue weighted by atomic mass is 10.2. The summed E-state index contributed by atoms with van der Waals surface area (Å²) in [6.07, 6.45) is 0. The molecular weight excluding hydrogens is 282 g/mol. The van der Waals surface area contributed by atoms with Gasteiger partial charge in [0, 0.05) is 11.6 Å². The number of benzene rings is 1. The van der Waals surface area contributed by atoms with Crippen LogP contribution < -0.4 is 5.32 Å². The number of fused-ring (bicyclic) bond motifs is 1. The van der Waals surface area contributed by atoms with Gasteiger partial charge in [-0.1, -0.05) is 13.8 Å². The molecule has 0 aliphatic rings. The fourth-order valence-electron chi connectivity index (χ4n) is 1.69. The van der Waals surface area contributed by atoms with Crippen molar-refractivity contribution < 1.29 is 0 Å². The van der Waals surface area contributed by atoms with Gasteiger partial charge in [0.25, 0.3) is 0 Å². The molecular formula is C15H11N5S. The number of nitriles is 3. The van der Waals surface area contributed by atoms with Gasteiger partial charge in [-0.25, -0.2) is 4.98 Å². The van der Waals surface area contributed by atoms with Crippen molar-refractivity contribution in [3.8, 4) is 18.2 Å². The molecule has 0 radical (unpaired) electrons. The molecule has 2 rings (SSSR count). The van der Waals surface area contributed by atoms with E-state index in [0.717, 1.165) is 15.2 Å². The van der Waals surface area contributed by atoms with Crippen molar-refractivity contribution in [2.24, 2.45) is 0 Å². The first-order valence-corrected chi connectivity index (χ1v) is 7.02. The van der Waals surface area contributed by atoms with Gasteiger partial charge < -0.3 is 5.32 Å². The van der Waals surface area contributed by atoms with Crippen LogP contribution in [0.25, 0.3) is 10.2 Å². The number of hydrogen-bond acceptors (Lipinski definition) is 6. The Kier molecular flexibility index (Phi) is 4.18. The lowest BCUT2D eigenvalue weighted by Gasteiger charge is -2.03. The highest BCUT2D eigenvalue weighted by molar-refractivity contribution is 7.18. The van der Waals surface area contributed by atoms with Gasteiger partial charge in [0.1, 0.15) is 23.9 Å². The predicted octanol–water partition coefficient (Wildman–Crippen LogP) is 3.66. The molecule has 1 aromatic carbocycles. The highest BCUT2D eigenvalue weighted by Crippen LogP contribution is 2.29. The summed E-state index contributed by atoms with van der Waals surface area (Å²) in [4.78, 5) is 4.53. The fourth-order valence-corrected chi connectivity index (χ4v) is 2.70. The monoisotopic (exact) mass is 293 g/mol. The number of nitrogens with zero attached hydrogens (tertiary/aromatic N) is 4. The van der Waals surface area contributed by atoms with Crippen LogP contribution in [0.1, 0.15) is 24.8 Å². The van der Waals surface area contributed by atoms with Gasteiger partial charge in [-0.15, -0.1) is 11.3 Å². The zero-order valence-electron chi connectivity index (χ0n) is 11.5. The van der Waals surface area contributed by atoms with E-state index in [0.29, 0.717) is 11.6 Å². The average molecular weight is 293 g/mol. The molecule has 0 atom stereocenters. The molecule has 5 nitrogen and oxygen atoms in total. The van der Waals surface area contributed by atoms with Crippen LogP contribution in [0.3, 0.4) is 0 Å². The number of thiazole rings is 1. The summed E-state index contributed by atoms with van der Waals surface area (Å²) in [5, 5.41) is 30.5. The Morgan fingerprint density at radius 2 is 1.90 bits per heavy atom. The Bertz CT molecular complexity index is 824. The van der Waals surface area contributed by atoms with Gasteiger partial charge in [-0.3, -0.25) is 0 Å². The summed E-state index contributed by atoms with van der Waals surface area (Å²) in [5.41, 5.74) is 1.27.